The Morgan fingerprint density at radius 1 is 1.16 bits per heavy atom. The number of nitrogens with one attached hydrogen (secondary N) is 1. The number of carbonyl (C=O) groups is 1. The maximum atomic E-state index is 13.3. The molecule has 1 saturated carbocycles. The second kappa shape index (κ2) is 7.54. The summed E-state index contributed by atoms with van der Waals surface area (Å²) >= 11 is 8.40. The first-order valence-corrected chi connectivity index (χ1v) is 12.4. The van der Waals surface area contributed by atoms with Crippen LogP contribution in [-0.2, 0) is 0 Å². The van der Waals surface area contributed by atoms with E-state index in [-0.39, 0.29) is 5.91 Å². The van der Waals surface area contributed by atoms with Crippen molar-refractivity contribution in [1.29, 1.82) is 0 Å². The van der Waals surface area contributed by atoms with Gasteiger partial charge in [-0.3, -0.25) is 4.79 Å². The number of halogens is 1. The number of hydrogen-bond acceptors (Lipinski definition) is 5. The molecule has 1 aliphatic carbocycles. The van der Waals surface area contributed by atoms with E-state index < -0.39 is 0 Å². The minimum absolute atomic E-state index is 0.128. The van der Waals surface area contributed by atoms with Crippen molar-refractivity contribution in [2.75, 3.05) is 13.1 Å². The van der Waals surface area contributed by atoms with Gasteiger partial charge in [-0.25, -0.2) is 9.97 Å². The Balaban J connectivity index is 1.26. The number of fused-ring (bicyclic) bond motifs is 3. The lowest BCUT2D eigenvalue weighted by Gasteiger charge is -2.28. The number of thiophene rings is 1. The van der Waals surface area contributed by atoms with Gasteiger partial charge in [0.2, 0.25) is 0 Å². The summed E-state index contributed by atoms with van der Waals surface area (Å²) in [5.74, 6) is 1.67. The minimum atomic E-state index is 0.128. The summed E-state index contributed by atoms with van der Waals surface area (Å²) in [5.41, 5.74) is 2.98. The molecule has 1 amide bonds. The number of hydrogen-bond donors (Lipinski definition) is 1. The van der Waals surface area contributed by atoms with Gasteiger partial charge in [0, 0.05) is 40.5 Å². The maximum absolute atomic E-state index is 13.3. The summed E-state index contributed by atoms with van der Waals surface area (Å²) in [6.45, 7) is 3.85. The molecule has 4 atom stereocenters. The van der Waals surface area contributed by atoms with E-state index in [1.54, 1.807) is 11.3 Å². The van der Waals surface area contributed by atoms with Crippen LogP contribution in [0.5, 0.6) is 0 Å². The molecule has 0 spiro atoms. The van der Waals surface area contributed by atoms with Gasteiger partial charge in [-0.05, 0) is 74.2 Å². The molecule has 4 heterocycles. The third kappa shape index (κ3) is 3.36. The van der Waals surface area contributed by atoms with E-state index in [0.717, 1.165) is 66.1 Å². The number of aryl methyl sites for hydroxylation is 1. The summed E-state index contributed by atoms with van der Waals surface area (Å²) in [6, 6.07) is 8.71. The Kier molecular flexibility index (Phi) is 4.78. The molecule has 2 aliphatic heterocycles. The van der Waals surface area contributed by atoms with Gasteiger partial charge in [0.25, 0.3) is 5.91 Å². The van der Waals surface area contributed by atoms with E-state index in [9.17, 15) is 4.79 Å². The Morgan fingerprint density at radius 2 is 2.03 bits per heavy atom. The number of nitrogens with zero attached hydrogens (tertiary/aromatic N) is 3. The van der Waals surface area contributed by atoms with Gasteiger partial charge in [-0.15, -0.1) is 11.3 Å². The van der Waals surface area contributed by atoms with E-state index in [0.29, 0.717) is 34.5 Å². The second-order valence-corrected chi connectivity index (χ2v) is 10.4. The quantitative estimate of drug-likeness (QED) is 0.614. The number of carbonyl (C=O) groups excluding carboxylic acids is 1. The zero-order valence-corrected chi connectivity index (χ0v) is 19.0. The fourth-order valence-electron chi connectivity index (χ4n) is 5.54. The molecule has 6 rings (SSSR count). The van der Waals surface area contributed by atoms with Crippen LogP contribution < -0.4 is 5.32 Å². The largest absolute Gasteiger partial charge is 0.331 e. The van der Waals surface area contributed by atoms with Crippen LogP contribution in [0.2, 0.25) is 5.02 Å². The van der Waals surface area contributed by atoms with Crippen molar-refractivity contribution >= 4 is 39.1 Å². The highest BCUT2D eigenvalue weighted by molar-refractivity contribution is 7.16. The highest BCUT2D eigenvalue weighted by atomic mass is 35.5. The average Bonchev–Trinajstić information content (AvgIpc) is 3.27. The molecule has 7 heteroatoms. The van der Waals surface area contributed by atoms with Gasteiger partial charge in [-0.1, -0.05) is 17.7 Å². The van der Waals surface area contributed by atoms with Crippen molar-refractivity contribution in [3.63, 3.8) is 0 Å². The van der Waals surface area contributed by atoms with Crippen molar-refractivity contribution < 1.29 is 4.79 Å². The average molecular weight is 453 g/mol. The topological polar surface area (TPSA) is 58.1 Å². The van der Waals surface area contributed by atoms with E-state index in [1.165, 1.54) is 0 Å². The van der Waals surface area contributed by atoms with Crippen molar-refractivity contribution in [2.24, 2.45) is 0 Å². The van der Waals surface area contributed by atoms with E-state index in [2.05, 4.69) is 32.7 Å². The Labute approximate surface area is 190 Å². The minimum Gasteiger partial charge on any atom is -0.331 e. The second-order valence-electron chi connectivity index (χ2n) is 9.07. The molecule has 31 heavy (non-hydrogen) atoms. The van der Waals surface area contributed by atoms with Gasteiger partial charge in [0.05, 0.1) is 5.69 Å². The summed E-state index contributed by atoms with van der Waals surface area (Å²) < 4.78 is 0. The zero-order chi connectivity index (χ0) is 21.1. The Morgan fingerprint density at radius 3 is 2.90 bits per heavy atom. The lowest BCUT2D eigenvalue weighted by molar-refractivity contribution is 0.0680. The smallest absolute Gasteiger partial charge is 0.254 e. The fourth-order valence-corrected chi connectivity index (χ4v) is 6.67. The molecular formula is C24H25ClN4OS. The molecular weight excluding hydrogens is 428 g/mol. The highest BCUT2D eigenvalue weighted by Crippen LogP contribution is 2.57. The first kappa shape index (κ1) is 19.6. The van der Waals surface area contributed by atoms with Gasteiger partial charge < -0.3 is 10.2 Å². The van der Waals surface area contributed by atoms with Gasteiger partial charge in [0.1, 0.15) is 10.7 Å². The summed E-state index contributed by atoms with van der Waals surface area (Å²) in [7, 11) is 0. The predicted octanol–water partition coefficient (Wildman–Crippen LogP) is 4.89. The third-order valence-electron chi connectivity index (χ3n) is 7.14. The van der Waals surface area contributed by atoms with Crippen LogP contribution in [0.15, 0.2) is 29.6 Å². The summed E-state index contributed by atoms with van der Waals surface area (Å²) in [4.78, 5) is 25.8. The van der Waals surface area contributed by atoms with Crippen molar-refractivity contribution in [3.8, 4) is 0 Å². The Hall–Kier alpha value is -2.02. The molecule has 1 aromatic carbocycles. The molecule has 4 unspecified atom stereocenters. The van der Waals surface area contributed by atoms with E-state index in [1.807, 2.05) is 19.1 Å². The molecule has 3 aliphatic rings. The molecule has 0 radical (unpaired) electrons. The molecule has 2 saturated heterocycles. The normalized spacial score (nSPS) is 27.5. The van der Waals surface area contributed by atoms with Crippen molar-refractivity contribution in [3.05, 3.63) is 57.3 Å². The number of benzene rings is 1. The highest BCUT2D eigenvalue weighted by Gasteiger charge is 2.43. The molecule has 3 fully saturated rings. The monoisotopic (exact) mass is 452 g/mol. The predicted molar refractivity (Wildman–Crippen MR) is 124 cm³/mol. The molecule has 2 aromatic heterocycles. The summed E-state index contributed by atoms with van der Waals surface area (Å²) in [6.07, 6.45) is 4.28. The van der Waals surface area contributed by atoms with Gasteiger partial charge >= 0.3 is 0 Å². The standard InChI is InChI=1S/C24H25ClN4OS/c1-13-27-22(18-7-9-31-23(18)28-13)20-11-19(20)17-5-2-14(10-21(17)25)24(30)29-15-3-4-16(29)12-26-8-6-15/h2,5,7,9-10,15-16,19-20,26H,3-4,6,8,11-12H2,1H3. The lowest BCUT2D eigenvalue weighted by Crippen LogP contribution is -2.42. The van der Waals surface area contributed by atoms with E-state index >= 15 is 0 Å². The van der Waals surface area contributed by atoms with Gasteiger partial charge in [-0.2, -0.15) is 0 Å². The molecule has 160 valence electrons. The fraction of sp³-hybridized carbons (Fsp3) is 0.458. The molecule has 1 N–H and O–H groups in total. The number of aromatic nitrogens is 2. The van der Waals surface area contributed by atoms with Crippen LogP contribution in [0.3, 0.4) is 0 Å². The van der Waals surface area contributed by atoms with Crippen molar-refractivity contribution in [2.45, 2.75) is 56.5 Å². The van der Waals surface area contributed by atoms with Crippen LogP contribution in [0, 0.1) is 6.92 Å². The number of amides is 1. The SMILES string of the molecule is Cc1nc(C2CC2c2ccc(C(=O)N3C4CCNCC3CC4)cc2Cl)c2ccsc2n1. The first-order chi connectivity index (χ1) is 15.1. The third-order valence-corrected chi connectivity index (χ3v) is 8.28. The molecule has 5 nitrogen and oxygen atoms in total. The van der Waals surface area contributed by atoms with Crippen molar-refractivity contribution in [1.82, 2.24) is 20.2 Å². The van der Waals surface area contributed by atoms with Crippen LogP contribution in [0.25, 0.3) is 10.2 Å². The molecule has 2 bridgehead atoms. The maximum Gasteiger partial charge on any atom is 0.254 e. The lowest BCUT2D eigenvalue weighted by atomic mass is 10.0. The first-order valence-electron chi connectivity index (χ1n) is 11.1. The van der Waals surface area contributed by atoms with Crippen LogP contribution in [0.1, 0.15) is 65.0 Å². The number of rotatable bonds is 3. The molecule has 3 aromatic rings. The summed E-state index contributed by atoms with van der Waals surface area (Å²) in [5, 5.41) is 7.41. The van der Waals surface area contributed by atoms with E-state index in [4.69, 9.17) is 16.6 Å². The zero-order valence-electron chi connectivity index (χ0n) is 17.5. The van der Waals surface area contributed by atoms with Crippen LogP contribution in [0.4, 0.5) is 0 Å². The van der Waals surface area contributed by atoms with Gasteiger partial charge in [0.15, 0.2) is 0 Å². The Bertz CT molecular complexity index is 1160. The van der Waals surface area contributed by atoms with Crippen LogP contribution >= 0.6 is 22.9 Å². The van der Waals surface area contributed by atoms with Crippen LogP contribution in [-0.4, -0.2) is 45.9 Å².